The van der Waals surface area contributed by atoms with Gasteiger partial charge in [0, 0.05) is 17.7 Å². The third-order valence-corrected chi connectivity index (χ3v) is 3.66. The summed E-state index contributed by atoms with van der Waals surface area (Å²) in [4.78, 5) is 0.0862. The van der Waals surface area contributed by atoms with E-state index in [1.54, 1.807) is 12.1 Å². The molecule has 1 rings (SSSR count). The van der Waals surface area contributed by atoms with Crippen molar-refractivity contribution >= 4 is 19.7 Å². The Kier molecular flexibility index (Phi) is 6.11. The van der Waals surface area contributed by atoms with Crippen molar-refractivity contribution < 1.29 is 17.6 Å². The lowest BCUT2D eigenvalue weighted by Gasteiger charge is -2.03. The minimum atomic E-state index is -3.66. The van der Waals surface area contributed by atoms with Crippen LogP contribution in [0.4, 0.5) is 4.48 Å². The lowest BCUT2D eigenvalue weighted by atomic mass is 10.1. The van der Waals surface area contributed by atoms with E-state index in [4.69, 9.17) is 15.4 Å². The van der Waals surface area contributed by atoms with Crippen LogP contribution in [0.1, 0.15) is 12.0 Å². The molecule has 0 amide bonds. The molecule has 0 saturated carbocycles. The van der Waals surface area contributed by atoms with Crippen LogP contribution in [-0.2, 0) is 20.2 Å². The summed E-state index contributed by atoms with van der Waals surface area (Å²) >= 11 is 0. The Balaban J connectivity index is 2.35. The van der Waals surface area contributed by atoms with E-state index in [9.17, 15) is 12.9 Å². The fraction of sp³-hybridized carbons (Fsp3) is 0.333. The van der Waals surface area contributed by atoms with Crippen LogP contribution in [-0.4, -0.2) is 27.2 Å². The first-order valence-electron chi connectivity index (χ1n) is 5.60. The molecule has 0 N–H and O–H groups in total. The Morgan fingerprint density at radius 2 is 2.00 bits per heavy atom. The quantitative estimate of drug-likeness (QED) is 0.336. The number of benzene rings is 1. The Hall–Kier alpha value is -1.27. The van der Waals surface area contributed by atoms with Crippen LogP contribution >= 0.6 is 10.7 Å². The van der Waals surface area contributed by atoms with E-state index < -0.39 is 9.05 Å². The number of hydrogen-bond donors (Lipinski definition) is 0. The average Bonchev–Trinajstić information content (AvgIpc) is 2.32. The average molecular weight is 308 g/mol. The van der Waals surface area contributed by atoms with Gasteiger partial charge in [0.1, 0.15) is 6.26 Å². The molecule has 0 aliphatic heterocycles. The van der Waals surface area contributed by atoms with Crippen molar-refractivity contribution in [2.45, 2.75) is 17.7 Å². The summed E-state index contributed by atoms with van der Waals surface area (Å²) in [5.41, 5.74) is 0.985. The summed E-state index contributed by atoms with van der Waals surface area (Å²) < 4.78 is 39.4. The van der Waals surface area contributed by atoms with Crippen molar-refractivity contribution in [3.8, 4) is 0 Å². The molecule has 0 atom stereocenters. The van der Waals surface area contributed by atoms with Gasteiger partial charge in [-0.05, 0) is 30.5 Å². The molecule has 0 radical (unpaired) electrons. The summed E-state index contributed by atoms with van der Waals surface area (Å²) in [6.45, 7) is 0.458. The highest BCUT2D eigenvalue weighted by molar-refractivity contribution is 8.13. The Labute approximate surface area is 116 Å². The summed E-state index contributed by atoms with van der Waals surface area (Å²) in [6.07, 6.45) is 3.93. The third kappa shape index (κ3) is 6.45. The van der Waals surface area contributed by atoms with Crippen molar-refractivity contribution in [1.29, 1.82) is 0 Å². The zero-order chi connectivity index (χ0) is 14.3. The van der Waals surface area contributed by atoms with Crippen LogP contribution in [0.5, 0.6) is 0 Å². The number of hydrogen-bond acceptors (Lipinski definition) is 4. The van der Waals surface area contributed by atoms with Gasteiger partial charge in [-0.15, -0.1) is 4.48 Å². The molecule has 1 aromatic rings. The van der Waals surface area contributed by atoms with Gasteiger partial charge in [0.2, 0.25) is 0 Å². The maximum Gasteiger partial charge on any atom is 0.261 e. The van der Waals surface area contributed by atoms with Gasteiger partial charge in [0.15, 0.2) is 0 Å². The maximum absolute atomic E-state index is 12.2. The van der Waals surface area contributed by atoms with Crippen LogP contribution in [0.2, 0.25) is 0 Å². The first-order valence-corrected chi connectivity index (χ1v) is 7.91. The fourth-order valence-corrected chi connectivity index (χ4v) is 2.14. The second-order valence-electron chi connectivity index (χ2n) is 3.87. The molecule has 0 aliphatic rings. The zero-order valence-corrected chi connectivity index (χ0v) is 12.0. The van der Waals surface area contributed by atoms with Crippen molar-refractivity contribution in [1.82, 2.24) is 5.12 Å². The molecule has 0 heterocycles. The number of ether oxygens (including phenoxy) is 1. The Morgan fingerprint density at radius 3 is 2.53 bits per heavy atom. The van der Waals surface area contributed by atoms with Crippen LogP contribution in [0.3, 0.4) is 0 Å². The van der Waals surface area contributed by atoms with E-state index in [2.05, 4.69) is 0 Å². The van der Waals surface area contributed by atoms with Gasteiger partial charge in [-0.1, -0.05) is 12.1 Å². The Morgan fingerprint density at radius 1 is 1.37 bits per heavy atom. The molecule has 0 unspecified atom stereocenters. The predicted molar refractivity (Wildman–Crippen MR) is 71.8 cm³/mol. The molecule has 106 valence electrons. The first-order chi connectivity index (χ1) is 8.89. The molecule has 0 aliphatic carbocycles. The summed E-state index contributed by atoms with van der Waals surface area (Å²) in [5, 5.41) is 0.394. The lowest BCUT2D eigenvalue weighted by molar-refractivity contribution is 0.119. The van der Waals surface area contributed by atoms with E-state index >= 15 is 0 Å². The number of rotatable bonds is 7. The predicted octanol–water partition coefficient (Wildman–Crippen LogP) is 2.85. The van der Waals surface area contributed by atoms with E-state index in [1.807, 2.05) is 0 Å². The van der Waals surface area contributed by atoms with E-state index in [-0.39, 0.29) is 4.90 Å². The second kappa shape index (κ2) is 7.35. The normalized spacial score (nSPS) is 11.7. The number of nitrogens with zero attached hydrogens (tertiary/aromatic N) is 1. The minimum Gasteiger partial charge on any atom is -0.500 e. The monoisotopic (exact) mass is 307 g/mol. The molecule has 0 fully saturated rings. The van der Waals surface area contributed by atoms with Gasteiger partial charge in [-0.3, -0.25) is 0 Å². The van der Waals surface area contributed by atoms with Gasteiger partial charge >= 0.3 is 0 Å². The van der Waals surface area contributed by atoms with Crippen molar-refractivity contribution in [3.63, 3.8) is 0 Å². The van der Waals surface area contributed by atoms with Crippen LogP contribution < -0.4 is 0 Å². The third-order valence-electron chi connectivity index (χ3n) is 2.30. The molecule has 7 heteroatoms. The lowest BCUT2D eigenvalue weighted by Crippen LogP contribution is -1.96. The Bertz CT molecular complexity index is 514. The summed E-state index contributed by atoms with van der Waals surface area (Å²) in [5.74, 6) is 0. The summed E-state index contributed by atoms with van der Waals surface area (Å²) in [7, 11) is 2.80. The molecule has 19 heavy (non-hydrogen) atoms. The fourth-order valence-electron chi connectivity index (χ4n) is 1.37. The molecule has 1 aromatic carbocycles. The first kappa shape index (κ1) is 15.8. The molecule has 0 aromatic heterocycles. The van der Waals surface area contributed by atoms with Gasteiger partial charge in [-0.2, -0.15) is 0 Å². The van der Waals surface area contributed by atoms with Gasteiger partial charge in [0.25, 0.3) is 9.05 Å². The van der Waals surface area contributed by atoms with Crippen molar-refractivity contribution in [2.24, 2.45) is 0 Å². The SMILES string of the molecule is CN(F)/C=C\OCCCc1ccc(S(=O)(=O)Cl)cc1. The summed E-state index contributed by atoms with van der Waals surface area (Å²) in [6, 6.07) is 6.36. The highest BCUT2D eigenvalue weighted by atomic mass is 35.7. The molecule has 0 saturated heterocycles. The highest BCUT2D eigenvalue weighted by Gasteiger charge is 2.08. The molecule has 0 bridgehead atoms. The smallest absolute Gasteiger partial charge is 0.261 e. The van der Waals surface area contributed by atoms with Gasteiger partial charge in [-0.25, -0.2) is 13.5 Å². The van der Waals surface area contributed by atoms with E-state index in [1.165, 1.54) is 31.6 Å². The van der Waals surface area contributed by atoms with Crippen molar-refractivity contribution in [3.05, 3.63) is 42.3 Å². The standard InChI is InChI=1S/C12H15ClFNO3S/c1-15(14)8-10-18-9-2-3-11-4-6-12(7-5-11)19(13,16)17/h4-8,10H,2-3,9H2,1H3/b10-8-. The van der Waals surface area contributed by atoms with E-state index in [0.717, 1.165) is 18.4 Å². The van der Waals surface area contributed by atoms with E-state index in [0.29, 0.717) is 11.7 Å². The number of halogens is 2. The molecular formula is C12H15ClFNO3S. The molecule has 0 spiro atoms. The molecule has 4 nitrogen and oxygen atoms in total. The zero-order valence-electron chi connectivity index (χ0n) is 10.4. The van der Waals surface area contributed by atoms with Crippen LogP contribution in [0.15, 0.2) is 41.6 Å². The molecular weight excluding hydrogens is 293 g/mol. The number of aryl methyl sites for hydroxylation is 1. The van der Waals surface area contributed by atoms with Crippen LogP contribution in [0.25, 0.3) is 0 Å². The maximum atomic E-state index is 12.2. The highest BCUT2D eigenvalue weighted by Crippen LogP contribution is 2.15. The van der Waals surface area contributed by atoms with Gasteiger partial charge in [0.05, 0.1) is 17.7 Å². The minimum absolute atomic E-state index is 0.0862. The van der Waals surface area contributed by atoms with Crippen LogP contribution in [0, 0.1) is 0 Å². The van der Waals surface area contributed by atoms with Crippen molar-refractivity contribution in [2.75, 3.05) is 13.7 Å². The second-order valence-corrected chi connectivity index (χ2v) is 6.43. The topological polar surface area (TPSA) is 46.6 Å². The largest absolute Gasteiger partial charge is 0.500 e. The van der Waals surface area contributed by atoms with Gasteiger partial charge < -0.3 is 4.74 Å².